The molecule has 3 heterocycles. The molecule has 9 heteroatoms. The van der Waals surface area contributed by atoms with Crippen molar-refractivity contribution in [1.29, 1.82) is 0 Å². The van der Waals surface area contributed by atoms with Crippen LogP contribution >= 0.6 is 0 Å². The van der Waals surface area contributed by atoms with Crippen molar-refractivity contribution in [1.82, 2.24) is 24.6 Å². The van der Waals surface area contributed by atoms with Crippen molar-refractivity contribution in [2.45, 2.75) is 58.8 Å². The molecule has 2 aromatic heterocycles. The van der Waals surface area contributed by atoms with Gasteiger partial charge in [-0.1, -0.05) is 50.6 Å². The number of carbonyl (C=O) groups excluding carboxylic acids is 2. The first-order valence-electron chi connectivity index (χ1n) is 14.2. The molecule has 41 heavy (non-hydrogen) atoms. The number of benzene rings is 2. The van der Waals surface area contributed by atoms with E-state index in [0.717, 1.165) is 60.7 Å². The number of carbonyl (C=O) groups is 2. The normalized spacial score (nSPS) is 14.2. The molecule has 0 atom stereocenters. The number of likely N-dealkylation sites (tertiary alicyclic amines) is 1. The molecule has 5 rings (SSSR count). The molecule has 3 N–H and O–H groups in total. The molecule has 9 nitrogen and oxygen atoms in total. The van der Waals surface area contributed by atoms with Crippen molar-refractivity contribution >= 4 is 23.4 Å². The Kier molecular flexibility index (Phi) is 8.23. The van der Waals surface area contributed by atoms with E-state index >= 15 is 0 Å². The third kappa shape index (κ3) is 7.22. The van der Waals surface area contributed by atoms with Gasteiger partial charge in [0, 0.05) is 42.1 Å². The fourth-order valence-corrected chi connectivity index (χ4v) is 5.15. The van der Waals surface area contributed by atoms with E-state index < -0.39 is 0 Å². The van der Waals surface area contributed by atoms with E-state index in [-0.39, 0.29) is 17.4 Å². The first-order chi connectivity index (χ1) is 19.6. The van der Waals surface area contributed by atoms with Crippen molar-refractivity contribution in [3.63, 3.8) is 0 Å². The van der Waals surface area contributed by atoms with E-state index in [4.69, 9.17) is 5.10 Å². The Balaban J connectivity index is 1.19. The Bertz CT molecular complexity index is 1480. The van der Waals surface area contributed by atoms with Crippen LogP contribution in [0.4, 0.5) is 16.3 Å². The fraction of sp³-hybridized carbons (Fsp3) is 0.375. The highest BCUT2D eigenvalue weighted by molar-refractivity contribution is 5.99. The topological polar surface area (TPSA) is 108 Å². The summed E-state index contributed by atoms with van der Waals surface area (Å²) < 4.78 is 1.78. The predicted molar refractivity (Wildman–Crippen MR) is 161 cm³/mol. The number of hydrogen-bond donors (Lipinski definition) is 3. The van der Waals surface area contributed by atoms with Gasteiger partial charge in [-0.25, -0.2) is 14.5 Å². The molecule has 0 unspecified atom stereocenters. The van der Waals surface area contributed by atoms with Gasteiger partial charge in [0.15, 0.2) is 0 Å². The molecule has 0 bridgehead atoms. The van der Waals surface area contributed by atoms with Crippen LogP contribution in [0.15, 0.2) is 67.1 Å². The Morgan fingerprint density at radius 1 is 1.02 bits per heavy atom. The minimum absolute atomic E-state index is 0.142. The summed E-state index contributed by atoms with van der Waals surface area (Å²) in [5.74, 6) is 1.25. The average Bonchev–Trinajstić information content (AvgIpc) is 3.60. The third-order valence-electron chi connectivity index (χ3n) is 7.57. The number of piperidine rings is 1. The fourth-order valence-electron chi connectivity index (χ4n) is 5.15. The lowest BCUT2D eigenvalue weighted by atomic mass is 9.90. The summed E-state index contributed by atoms with van der Waals surface area (Å²) in [6.07, 6.45) is 6.51. The number of urea groups is 1. The Labute approximate surface area is 241 Å². The Morgan fingerprint density at radius 3 is 2.46 bits per heavy atom. The quantitative estimate of drug-likeness (QED) is 0.266. The van der Waals surface area contributed by atoms with E-state index in [9.17, 15) is 9.59 Å². The number of imidazole rings is 1. The predicted octanol–water partition coefficient (Wildman–Crippen LogP) is 5.87. The van der Waals surface area contributed by atoms with E-state index in [2.05, 4.69) is 47.4 Å². The van der Waals surface area contributed by atoms with E-state index in [1.165, 1.54) is 5.56 Å². The zero-order valence-electron chi connectivity index (χ0n) is 24.3. The molecule has 3 amide bonds. The first-order valence-corrected chi connectivity index (χ1v) is 14.2. The van der Waals surface area contributed by atoms with E-state index in [0.29, 0.717) is 18.2 Å². The van der Waals surface area contributed by atoms with Gasteiger partial charge in [-0.15, -0.1) is 0 Å². The van der Waals surface area contributed by atoms with Gasteiger partial charge in [-0.05, 0) is 61.9 Å². The summed E-state index contributed by atoms with van der Waals surface area (Å²) >= 11 is 0. The van der Waals surface area contributed by atoms with Gasteiger partial charge in [0.2, 0.25) is 5.91 Å². The zero-order chi connectivity index (χ0) is 29.0. The van der Waals surface area contributed by atoms with E-state index in [1.54, 1.807) is 17.2 Å². The summed E-state index contributed by atoms with van der Waals surface area (Å²) in [6, 6.07) is 17.7. The molecule has 0 aliphatic carbocycles. The van der Waals surface area contributed by atoms with Crippen LogP contribution in [0.25, 0.3) is 5.69 Å². The smallest absolute Gasteiger partial charge is 0.324 e. The molecule has 4 aromatic rings. The maximum atomic E-state index is 13.1. The molecule has 1 fully saturated rings. The summed E-state index contributed by atoms with van der Waals surface area (Å²) in [4.78, 5) is 34.6. The summed E-state index contributed by atoms with van der Waals surface area (Å²) in [5.41, 5.74) is 5.53. The van der Waals surface area contributed by atoms with Crippen molar-refractivity contribution in [3.05, 3.63) is 89.6 Å². The van der Waals surface area contributed by atoms with Crippen molar-refractivity contribution in [2.75, 3.05) is 23.7 Å². The van der Waals surface area contributed by atoms with Gasteiger partial charge in [0.1, 0.15) is 5.82 Å². The maximum absolute atomic E-state index is 13.1. The number of anilines is 2. The summed E-state index contributed by atoms with van der Waals surface area (Å²) in [5, 5.41) is 10.8. The minimum Gasteiger partial charge on any atom is -0.348 e. The number of nitrogens with zero attached hydrogens (tertiary/aromatic N) is 4. The van der Waals surface area contributed by atoms with Crippen LogP contribution in [-0.2, 0) is 23.1 Å². The number of aromatic amines is 1. The number of aromatic nitrogens is 4. The van der Waals surface area contributed by atoms with Gasteiger partial charge < -0.3 is 15.2 Å². The van der Waals surface area contributed by atoms with Gasteiger partial charge in [-0.2, -0.15) is 5.10 Å². The SMILES string of the molecule is Cc1ccc(-n2nc(C(C)(C)C)cc2NC(=O)Nc2cccc(CC3CCN(C(=O)Cc4cnc[nH]4)CC3)c2)cc1. The molecule has 214 valence electrons. The molecule has 2 aromatic carbocycles. The highest BCUT2D eigenvalue weighted by Crippen LogP contribution is 2.27. The lowest BCUT2D eigenvalue weighted by molar-refractivity contribution is -0.131. The maximum Gasteiger partial charge on any atom is 0.324 e. The van der Waals surface area contributed by atoms with Gasteiger partial charge >= 0.3 is 6.03 Å². The second-order valence-corrected chi connectivity index (χ2v) is 12.0. The van der Waals surface area contributed by atoms with Crippen LogP contribution in [-0.4, -0.2) is 49.7 Å². The highest BCUT2D eigenvalue weighted by Gasteiger charge is 2.24. The summed E-state index contributed by atoms with van der Waals surface area (Å²) in [6.45, 7) is 9.89. The third-order valence-corrected chi connectivity index (χ3v) is 7.57. The van der Waals surface area contributed by atoms with Crippen LogP contribution < -0.4 is 10.6 Å². The molecular formula is C32H39N7O2. The van der Waals surface area contributed by atoms with Crippen LogP contribution in [0.5, 0.6) is 0 Å². The van der Waals surface area contributed by atoms with Crippen LogP contribution in [0.2, 0.25) is 0 Å². The molecule has 0 spiro atoms. The molecule has 1 aliphatic heterocycles. The van der Waals surface area contributed by atoms with E-state index in [1.807, 2.05) is 60.4 Å². The molecule has 1 aliphatic rings. The second-order valence-electron chi connectivity index (χ2n) is 12.0. The van der Waals surface area contributed by atoms with Crippen molar-refractivity contribution in [2.24, 2.45) is 5.92 Å². The average molecular weight is 554 g/mol. The van der Waals surface area contributed by atoms with Gasteiger partial charge in [0.25, 0.3) is 0 Å². The standard InChI is InChI=1S/C32H39N7O2/c1-22-8-10-27(11-9-22)39-29(19-28(37-39)32(2,3)4)36-31(41)35-25-7-5-6-24(17-25)16-23-12-14-38(15-13-23)30(40)18-26-20-33-21-34-26/h5-11,17,19-21,23H,12-16,18H2,1-4H3,(H,33,34)(H2,35,36,41). The summed E-state index contributed by atoms with van der Waals surface area (Å²) in [7, 11) is 0. The number of amides is 3. The number of aryl methyl sites for hydroxylation is 1. The Hall–Kier alpha value is -4.40. The number of nitrogens with one attached hydrogen (secondary N) is 3. The molecule has 0 saturated carbocycles. The Morgan fingerprint density at radius 2 is 1.78 bits per heavy atom. The molecular weight excluding hydrogens is 514 g/mol. The highest BCUT2D eigenvalue weighted by atomic mass is 16.2. The van der Waals surface area contributed by atoms with Crippen molar-refractivity contribution in [3.8, 4) is 5.69 Å². The molecule has 0 radical (unpaired) electrons. The number of rotatable bonds is 7. The number of H-pyrrole nitrogens is 1. The lowest BCUT2D eigenvalue weighted by Gasteiger charge is -2.32. The van der Waals surface area contributed by atoms with Gasteiger partial charge in [-0.3, -0.25) is 10.1 Å². The van der Waals surface area contributed by atoms with Crippen molar-refractivity contribution < 1.29 is 9.59 Å². The lowest BCUT2D eigenvalue weighted by Crippen LogP contribution is -2.39. The number of hydrogen-bond acceptors (Lipinski definition) is 4. The largest absolute Gasteiger partial charge is 0.348 e. The second kappa shape index (κ2) is 12.0. The monoisotopic (exact) mass is 553 g/mol. The van der Waals surface area contributed by atoms with Crippen LogP contribution in [0, 0.1) is 12.8 Å². The van der Waals surface area contributed by atoms with Crippen LogP contribution in [0.1, 0.15) is 56.1 Å². The molecule has 1 saturated heterocycles. The van der Waals surface area contributed by atoms with Crippen LogP contribution in [0.3, 0.4) is 0 Å². The minimum atomic E-state index is -0.319. The first kappa shape index (κ1) is 28.1. The van der Waals surface area contributed by atoms with Gasteiger partial charge in [0.05, 0.1) is 24.1 Å². The zero-order valence-corrected chi connectivity index (χ0v) is 24.3.